The number of methoxy groups -OCH3 is 1. The van der Waals surface area contributed by atoms with Gasteiger partial charge >= 0.3 is 6.09 Å². The smallest absolute Gasteiger partial charge is 0.406 e. The van der Waals surface area contributed by atoms with E-state index in [-0.39, 0.29) is 6.09 Å². The van der Waals surface area contributed by atoms with Gasteiger partial charge in [0.1, 0.15) is 0 Å². The zero-order valence-corrected chi connectivity index (χ0v) is 8.47. The van der Waals surface area contributed by atoms with E-state index >= 15 is 0 Å². The Balaban J connectivity index is 2.95. The van der Waals surface area contributed by atoms with Crippen LogP contribution in [0, 0.1) is 6.92 Å². The number of hydrogen-bond acceptors (Lipinski definition) is 2. The third-order valence-electron chi connectivity index (χ3n) is 1.88. The van der Waals surface area contributed by atoms with Crippen LogP contribution in [0.4, 0.5) is 4.79 Å². The fourth-order valence-corrected chi connectivity index (χ4v) is 1.09. The lowest BCUT2D eigenvalue weighted by Crippen LogP contribution is -2.23. The molecule has 1 radical (unpaired) electrons. The number of carbonyl (C=O) groups is 1. The summed E-state index contributed by atoms with van der Waals surface area (Å²) < 4.78 is 4.44. The van der Waals surface area contributed by atoms with E-state index in [0.717, 1.165) is 19.4 Å². The minimum atomic E-state index is -0.335. The van der Waals surface area contributed by atoms with Crippen LogP contribution >= 0.6 is 0 Å². The van der Waals surface area contributed by atoms with Crippen LogP contribution in [0.1, 0.15) is 38.5 Å². The summed E-state index contributed by atoms with van der Waals surface area (Å²) in [5.41, 5.74) is 0. The van der Waals surface area contributed by atoms with Gasteiger partial charge in [-0.15, -0.1) is 0 Å². The quantitative estimate of drug-likeness (QED) is 0.620. The lowest BCUT2D eigenvalue weighted by molar-refractivity contribution is 0.171. The van der Waals surface area contributed by atoms with E-state index in [2.05, 4.69) is 17.0 Å². The molecule has 0 unspecified atom stereocenters. The molecule has 13 heavy (non-hydrogen) atoms. The standard InChI is InChI=1S/C10H20NO2/c1-3-4-5-6-7-8-9-11-10(12)13-2/h1,3-9H2,2H3,(H,11,12). The summed E-state index contributed by atoms with van der Waals surface area (Å²) >= 11 is 0. The molecule has 77 valence electrons. The zero-order chi connectivity index (χ0) is 9.94. The van der Waals surface area contributed by atoms with Gasteiger partial charge in [-0.3, -0.25) is 0 Å². The summed E-state index contributed by atoms with van der Waals surface area (Å²) in [7, 11) is 1.38. The number of unbranched alkanes of at least 4 members (excludes halogenated alkanes) is 5. The zero-order valence-electron chi connectivity index (χ0n) is 8.47. The number of hydrogen-bond donors (Lipinski definition) is 1. The highest BCUT2D eigenvalue weighted by Crippen LogP contribution is 2.03. The fourth-order valence-electron chi connectivity index (χ4n) is 1.09. The van der Waals surface area contributed by atoms with E-state index in [1.54, 1.807) is 0 Å². The Labute approximate surface area is 80.8 Å². The highest BCUT2D eigenvalue weighted by Gasteiger charge is 1.95. The molecule has 0 aliphatic heterocycles. The fraction of sp³-hybridized carbons (Fsp3) is 0.800. The number of ether oxygens (including phenoxy) is 1. The van der Waals surface area contributed by atoms with Crippen molar-refractivity contribution in [3.8, 4) is 0 Å². The lowest BCUT2D eigenvalue weighted by atomic mass is 10.1. The SMILES string of the molecule is [CH2]CCCCCCCNC(=O)OC. The summed E-state index contributed by atoms with van der Waals surface area (Å²) in [5.74, 6) is 0. The van der Waals surface area contributed by atoms with Crippen molar-refractivity contribution < 1.29 is 9.53 Å². The van der Waals surface area contributed by atoms with E-state index in [4.69, 9.17) is 0 Å². The highest BCUT2D eigenvalue weighted by atomic mass is 16.5. The topological polar surface area (TPSA) is 38.3 Å². The van der Waals surface area contributed by atoms with E-state index in [1.165, 1.54) is 32.8 Å². The average molecular weight is 186 g/mol. The van der Waals surface area contributed by atoms with Crippen LogP contribution in [0.3, 0.4) is 0 Å². The maximum atomic E-state index is 10.6. The van der Waals surface area contributed by atoms with E-state index in [1.807, 2.05) is 0 Å². The van der Waals surface area contributed by atoms with Gasteiger partial charge in [-0.25, -0.2) is 4.79 Å². The van der Waals surface area contributed by atoms with Crippen LogP contribution in [0.2, 0.25) is 0 Å². The molecular formula is C10H20NO2. The van der Waals surface area contributed by atoms with Gasteiger partial charge in [0.05, 0.1) is 7.11 Å². The van der Waals surface area contributed by atoms with Crippen molar-refractivity contribution in [2.24, 2.45) is 0 Å². The summed E-state index contributed by atoms with van der Waals surface area (Å²) in [6.45, 7) is 4.50. The van der Waals surface area contributed by atoms with Crippen LogP contribution in [0.25, 0.3) is 0 Å². The second-order valence-corrected chi connectivity index (χ2v) is 3.04. The largest absolute Gasteiger partial charge is 0.453 e. The molecular weight excluding hydrogens is 166 g/mol. The number of alkyl carbamates (subject to hydrolysis) is 1. The first-order chi connectivity index (χ1) is 6.31. The molecule has 0 saturated carbocycles. The van der Waals surface area contributed by atoms with Gasteiger partial charge in [0.2, 0.25) is 0 Å². The van der Waals surface area contributed by atoms with Gasteiger partial charge in [0, 0.05) is 6.54 Å². The molecule has 1 amide bonds. The Bertz CT molecular complexity index is 126. The molecule has 0 aromatic rings. The molecule has 0 aromatic heterocycles. The molecule has 0 aliphatic rings. The third-order valence-corrected chi connectivity index (χ3v) is 1.88. The molecule has 0 fully saturated rings. The van der Waals surface area contributed by atoms with Crippen molar-refractivity contribution >= 4 is 6.09 Å². The Kier molecular flexibility index (Phi) is 8.83. The predicted octanol–water partition coefficient (Wildman–Crippen LogP) is 2.52. The van der Waals surface area contributed by atoms with Crippen molar-refractivity contribution in [2.45, 2.75) is 38.5 Å². The summed E-state index contributed by atoms with van der Waals surface area (Å²) in [6.07, 6.45) is 6.60. The number of carbonyl (C=O) groups excluding carboxylic acids is 1. The van der Waals surface area contributed by atoms with Gasteiger partial charge in [-0.1, -0.05) is 39.0 Å². The monoisotopic (exact) mass is 186 g/mol. The Morgan fingerprint density at radius 2 is 1.85 bits per heavy atom. The summed E-state index contributed by atoms with van der Waals surface area (Å²) in [6, 6.07) is 0. The first kappa shape index (κ1) is 12.3. The van der Waals surface area contributed by atoms with Gasteiger partial charge in [0.25, 0.3) is 0 Å². The Hall–Kier alpha value is -0.730. The molecule has 0 aliphatic carbocycles. The first-order valence-electron chi connectivity index (χ1n) is 4.92. The number of amides is 1. The molecule has 0 bridgehead atoms. The van der Waals surface area contributed by atoms with E-state index in [0.29, 0.717) is 0 Å². The van der Waals surface area contributed by atoms with Crippen molar-refractivity contribution in [3.63, 3.8) is 0 Å². The van der Waals surface area contributed by atoms with Crippen molar-refractivity contribution in [1.82, 2.24) is 5.32 Å². The predicted molar refractivity (Wildman–Crippen MR) is 53.5 cm³/mol. The van der Waals surface area contributed by atoms with Crippen molar-refractivity contribution in [1.29, 1.82) is 0 Å². The molecule has 0 spiro atoms. The van der Waals surface area contributed by atoms with Gasteiger partial charge < -0.3 is 10.1 Å². The maximum Gasteiger partial charge on any atom is 0.406 e. The second kappa shape index (κ2) is 9.36. The lowest BCUT2D eigenvalue weighted by Gasteiger charge is -2.02. The highest BCUT2D eigenvalue weighted by molar-refractivity contribution is 5.66. The minimum Gasteiger partial charge on any atom is -0.453 e. The molecule has 0 atom stereocenters. The van der Waals surface area contributed by atoms with Gasteiger partial charge in [0.15, 0.2) is 0 Å². The van der Waals surface area contributed by atoms with Crippen molar-refractivity contribution in [3.05, 3.63) is 6.92 Å². The normalized spacial score (nSPS) is 9.69. The average Bonchev–Trinajstić information content (AvgIpc) is 2.16. The van der Waals surface area contributed by atoms with Crippen molar-refractivity contribution in [2.75, 3.05) is 13.7 Å². The van der Waals surface area contributed by atoms with Crippen LogP contribution in [-0.4, -0.2) is 19.7 Å². The maximum absolute atomic E-state index is 10.6. The molecule has 0 aromatic carbocycles. The van der Waals surface area contributed by atoms with Gasteiger partial charge in [-0.05, 0) is 6.42 Å². The van der Waals surface area contributed by atoms with Gasteiger partial charge in [-0.2, -0.15) is 0 Å². The number of rotatable bonds is 7. The second-order valence-electron chi connectivity index (χ2n) is 3.04. The third kappa shape index (κ3) is 9.18. The van der Waals surface area contributed by atoms with Crippen LogP contribution < -0.4 is 5.32 Å². The molecule has 0 rings (SSSR count). The number of nitrogens with one attached hydrogen (secondary N) is 1. The summed E-state index contributed by atoms with van der Waals surface area (Å²) in [4.78, 5) is 10.6. The summed E-state index contributed by atoms with van der Waals surface area (Å²) in [5, 5.41) is 2.65. The molecule has 3 nitrogen and oxygen atoms in total. The Morgan fingerprint density at radius 1 is 1.23 bits per heavy atom. The Morgan fingerprint density at radius 3 is 2.46 bits per heavy atom. The first-order valence-corrected chi connectivity index (χ1v) is 4.92. The van der Waals surface area contributed by atoms with Crippen LogP contribution in [0.15, 0.2) is 0 Å². The van der Waals surface area contributed by atoms with Crippen LogP contribution in [0.5, 0.6) is 0 Å². The van der Waals surface area contributed by atoms with Crippen LogP contribution in [-0.2, 0) is 4.74 Å². The molecule has 0 heterocycles. The van der Waals surface area contributed by atoms with E-state index in [9.17, 15) is 4.79 Å². The molecule has 0 saturated heterocycles. The molecule has 1 N–H and O–H groups in total. The minimum absolute atomic E-state index is 0.335. The molecule has 3 heteroatoms. The van der Waals surface area contributed by atoms with E-state index < -0.39 is 0 Å².